The fourth-order valence-corrected chi connectivity index (χ4v) is 2.23. The number of nitrogens with zero attached hydrogens (tertiary/aromatic N) is 1. The van der Waals surface area contributed by atoms with Gasteiger partial charge < -0.3 is 20.1 Å². The van der Waals surface area contributed by atoms with Crippen LogP contribution < -0.4 is 15.2 Å². The van der Waals surface area contributed by atoms with Gasteiger partial charge in [0.25, 0.3) is 0 Å². The first-order valence-corrected chi connectivity index (χ1v) is 7.42. The summed E-state index contributed by atoms with van der Waals surface area (Å²) in [6, 6.07) is 5.82. The Morgan fingerprint density at radius 1 is 1.33 bits per heavy atom. The standard InChI is InChI=1S/C16H24N2O3/c1-12(10-17)3-6-16(19)18(2)11-13-4-5-14-15(9-13)21-8-7-20-14/h4-5,9,12H,3,6-8,10-11,17H2,1-2H3. The van der Waals surface area contributed by atoms with Gasteiger partial charge in [0, 0.05) is 20.0 Å². The van der Waals surface area contributed by atoms with Crippen molar-refractivity contribution in [1.29, 1.82) is 0 Å². The maximum absolute atomic E-state index is 12.1. The van der Waals surface area contributed by atoms with E-state index in [9.17, 15) is 4.79 Å². The van der Waals surface area contributed by atoms with Crippen molar-refractivity contribution in [2.45, 2.75) is 26.3 Å². The number of rotatable bonds is 6. The van der Waals surface area contributed by atoms with Gasteiger partial charge >= 0.3 is 0 Å². The van der Waals surface area contributed by atoms with E-state index in [0.717, 1.165) is 23.5 Å². The van der Waals surface area contributed by atoms with Crippen molar-refractivity contribution in [1.82, 2.24) is 4.90 Å². The molecule has 1 amide bonds. The average molecular weight is 292 g/mol. The molecule has 1 heterocycles. The number of benzene rings is 1. The molecule has 2 N–H and O–H groups in total. The van der Waals surface area contributed by atoms with Crippen LogP contribution in [-0.4, -0.2) is 37.6 Å². The van der Waals surface area contributed by atoms with E-state index in [4.69, 9.17) is 15.2 Å². The Labute approximate surface area is 126 Å². The van der Waals surface area contributed by atoms with Gasteiger partial charge in [0.15, 0.2) is 11.5 Å². The van der Waals surface area contributed by atoms with Crippen molar-refractivity contribution < 1.29 is 14.3 Å². The highest BCUT2D eigenvalue weighted by Crippen LogP contribution is 2.31. The van der Waals surface area contributed by atoms with E-state index >= 15 is 0 Å². The van der Waals surface area contributed by atoms with Gasteiger partial charge in [-0.1, -0.05) is 13.0 Å². The number of carbonyl (C=O) groups is 1. The second-order valence-electron chi connectivity index (χ2n) is 5.61. The molecule has 0 aromatic heterocycles. The largest absolute Gasteiger partial charge is 0.486 e. The van der Waals surface area contributed by atoms with Gasteiger partial charge in [0.1, 0.15) is 13.2 Å². The lowest BCUT2D eigenvalue weighted by Crippen LogP contribution is -2.27. The number of ether oxygens (including phenoxy) is 2. The van der Waals surface area contributed by atoms with E-state index in [0.29, 0.717) is 38.6 Å². The number of hydrogen-bond donors (Lipinski definition) is 1. The van der Waals surface area contributed by atoms with Gasteiger partial charge in [-0.15, -0.1) is 0 Å². The van der Waals surface area contributed by atoms with Crippen molar-refractivity contribution in [2.24, 2.45) is 11.7 Å². The van der Waals surface area contributed by atoms with Crippen LogP contribution in [0.15, 0.2) is 18.2 Å². The number of nitrogens with two attached hydrogens (primary N) is 1. The van der Waals surface area contributed by atoms with Gasteiger partial charge in [-0.2, -0.15) is 0 Å². The Hall–Kier alpha value is -1.75. The molecule has 1 aromatic rings. The molecule has 0 saturated heterocycles. The molecule has 0 saturated carbocycles. The van der Waals surface area contributed by atoms with Gasteiger partial charge in [-0.05, 0) is 36.6 Å². The predicted molar refractivity (Wildman–Crippen MR) is 81.4 cm³/mol. The third-order valence-corrected chi connectivity index (χ3v) is 3.71. The fourth-order valence-electron chi connectivity index (χ4n) is 2.23. The zero-order chi connectivity index (χ0) is 15.2. The first kappa shape index (κ1) is 15.6. The third-order valence-electron chi connectivity index (χ3n) is 3.71. The number of hydrogen-bond acceptors (Lipinski definition) is 4. The Morgan fingerprint density at radius 2 is 2.05 bits per heavy atom. The van der Waals surface area contributed by atoms with Crippen molar-refractivity contribution >= 4 is 5.91 Å². The van der Waals surface area contributed by atoms with Gasteiger partial charge in [0.05, 0.1) is 0 Å². The maximum atomic E-state index is 12.1. The lowest BCUT2D eigenvalue weighted by molar-refractivity contribution is -0.130. The van der Waals surface area contributed by atoms with Crippen LogP contribution in [0.2, 0.25) is 0 Å². The van der Waals surface area contributed by atoms with Gasteiger partial charge in [0.2, 0.25) is 5.91 Å². The third kappa shape index (κ3) is 4.36. The lowest BCUT2D eigenvalue weighted by Gasteiger charge is -2.21. The number of carbonyl (C=O) groups excluding carboxylic acids is 1. The average Bonchev–Trinajstić information content (AvgIpc) is 2.51. The highest BCUT2D eigenvalue weighted by atomic mass is 16.6. The summed E-state index contributed by atoms with van der Waals surface area (Å²) in [6.45, 7) is 4.42. The molecule has 0 spiro atoms. The Morgan fingerprint density at radius 3 is 2.76 bits per heavy atom. The molecule has 5 nitrogen and oxygen atoms in total. The van der Waals surface area contributed by atoms with E-state index < -0.39 is 0 Å². The molecule has 1 atom stereocenters. The normalized spacial score (nSPS) is 14.6. The molecular weight excluding hydrogens is 268 g/mol. The van der Waals surface area contributed by atoms with E-state index in [-0.39, 0.29) is 5.91 Å². The Balaban J connectivity index is 1.90. The molecule has 5 heteroatoms. The van der Waals surface area contributed by atoms with E-state index in [1.807, 2.05) is 25.2 Å². The second-order valence-corrected chi connectivity index (χ2v) is 5.61. The summed E-state index contributed by atoms with van der Waals surface area (Å²) >= 11 is 0. The van der Waals surface area contributed by atoms with E-state index in [1.54, 1.807) is 4.90 Å². The molecular formula is C16H24N2O3. The minimum absolute atomic E-state index is 0.144. The van der Waals surface area contributed by atoms with Crippen LogP contribution in [0, 0.1) is 5.92 Å². The number of amides is 1. The molecule has 2 rings (SSSR count). The fraction of sp³-hybridized carbons (Fsp3) is 0.562. The Bertz CT molecular complexity index is 490. The minimum Gasteiger partial charge on any atom is -0.486 e. The topological polar surface area (TPSA) is 64.8 Å². The van der Waals surface area contributed by atoms with Crippen molar-refractivity contribution in [3.63, 3.8) is 0 Å². The molecule has 116 valence electrons. The van der Waals surface area contributed by atoms with Crippen molar-refractivity contribution in [3.05, 3.63) is 23.8 Å². The molecule has 0 aliphatic carbocycles. The first-order valence-electron chi connectivity index (χ1n) is 7.42. The highest BCUT2D eigenvalue weighted by molar-refractivity contribution is 5.75. The van der Waals surface area contributed by atoms with Crippen molar-refractivity contribution in [2.75, 3.05) is 26.8 Å². The second kappa shape index (κ2) is 7.31. The molecule has 0 bridgehead atoms. The smallest absolute Gasteiger partial charge is 0.222 e. The SMILES string of the molecule is CC(CN)CCC(=O)N(C)Cc1ccc2c(c1)OCCO2. The van der Waals surface area contributed by atoms with Crippen LogP contribution in [-0.2, 0) is 11.3 Å². The predicted octanol–water partition coefficient (Wildman–Crippen LogP) is 1.79. The summed E-state index contributed by atoms with van der Waals surface area (Å²) in [6.07, 6.45) is 1.38. The molecule has 1 aliphatic rings. The zero-order valence-electron chi connectivity index (χ0n) is 12.8. The molecule has 0 fully saturated rings. The summed E-state index contributed by atoms with van der Waals surface area (Å²) < 4.78 is 11.0. The Kier molecular flexibility index (Phi) is 5.44. The van der Waals surface area contributed by atoms with Crippen molar-refractivity contribution in [3.8, 4) is 11.5 Å². The zero-order valence-corrected chi connectivity index (χ0v) is 12.8. The quantitative estimate of drug-likeness (QED) is 0.868. The van der Waals surface area contributed by atoms with Crippen LogP contribution in [0.25, 0.3) is 0 Å². The van der Waals surface area contributed by atoms with E-state index in [1.165, 1.54) is 0 Å². The maximum Gasteiger partial charge on any atom is 0.222 e. The molecule has 0 radical (unpaired) electrons. The monoisotopic (exact) mass is 292 g/mol. The van der Waals surface area contributed by atoms with Gasteiger partial charge in [-0.25, -0.2) is 0 Å². The molecule has 1 unspecified atom stereocenters. The first-order chi connectivity index (χ1) is 10.1. The molecule has 21 heavy (non-hydrogen) atoms. The molecule has 1 aliphatic heterocycles. The minimum atomic E-state index is 0.144. The summed E-state index contributed by atoms with van der Waals surface area (Å²) in [5.74, 6) is 2.06. The van der Waals surface area contributed by atoms with Crippen LogP contribution in [0.4, 0.5) is 0 Å². The number of fused-ring (bicyclic) bond motifs is 1. The van der Waals surface area contributed by atoms with Crippen LogP contribution in [0.5, 0.6) is 11.5 Å². The van der Waals surface area contributed by atoms with Crippen LogP contribution in [0.1, 0.15) is 25.3 Å². The highest BCUT2D eigenvalue weighted by Gasteiger charge is 2.14. The summed E-state index contributed by atoms with van der Waals surface area (Å²) in [4.78, 5) is 13.8. The van der Waals surface area contributed by atoms with Gasteiger partial charge in [-0.3, -0.25) is 4.79 Å². The van der Waals surface area contributed by atoms with E-state index in [2.05, 4.69) is 6.92 Å². The summed E-state index contributed by atoms with van der Waals surface area (Å²) in [5.41, 5.74) is 6.62. The molecule has 1 aromatic carbocycles. The lowest BCUT2D eigenvalue weighted by atomic mass is 10.1. The summed E-state index contributed by atoms with van der Waals surface area (Å²) in [7, 11) is 1.83. The van der Waals surface area contributed by atoms with Crippen LogP contribution >= 0.6 is 0 Å². The van der Waals surface area contributed by atoms with Crippen LogP contribution in [0.3, 0.4) is 0 Å². The summed E-state index contributed by atoms with van der Waals surface area (Å²) in [5, 5.41) is 0.